The Labute approximate surface area is 109 Å². The fraction of sp³-hybridized carbons (Fsp3) is 1.00. The lowest BCUT2D eigenvalue weighted by atomic mass is 9.89. The van der Waals surface area contributed by atoms with Gasteiger partial charge in [0.1, 0.15) is 0 Å². The molecule has 1 unspecified atom stereocenters. The third kappa shape index (κ3) is 3.65. The molecule has 0 aromatic carbocycles. The van der Waals surface area contributed by atoms with E-state index in [9.17, 15) is 5.11 Å². The van der Waals surface area contributed by atoms with Crippen molar-refractivity contribution >= 4 is 0 Å². The van der Waals surface area contributed by atoms with Gasteiger partial charge in [-0.2, -0.15) is 0 Å². The van der Waals surface area contributed by atoms with Gasteiger partial charge in [-0.05, 0) is 19.3 Å². The second-order valence-electron chi connectivity index (χ2n) is 5.21. The third-order valence-corrected chi connectivity index (χ3v) is 3.92. The number of hydrogen-bond donors (Lipinski definition) is 2. The van der Waals surface area contributed by atoms with Crippen LogP contribution in [-0.2, 0) is 14.2 Å². The first-order chi connectivity index (χ1) is 8.78. The molecule has 0 aromatic heterocycles. The van der Waals surface area contributed by atoms with Crippen molar-refractivity contribution in [2.75, 3.05) is 33.5 Å². The number of ether oxygens (including phenoxy) is 3. The topological polar surface area (TPSA) is 60.0 Å². The number of methoxy groups -OCH3 is 1. The predicted molar refractivity (Wildman–Crippen MR) is 67.4 cm³/mol. The van der Waals surface area contributed by atoms with Gasteiger partial charge in [0.2, 0.25) is 0 Å². The van der Waals surface area contributed by atoms with Gasteiger partial charge in [0.25, 0.3) is 0 Å². The minimum Gasteiger partial charge on any atom is -0.395 e. The summed E-state index contributed by atoms with van der Waals surface area (Å²) in [5, 5.41) is 12.8. The molecular formula is C13H25NO4. The van der Waals surface area contributed by atoms with E-state index >= 15 is 0 Å². The Morgan fingerprint density at radius 3 is 2.56 bits per heavy atom. The van der Waals surface area contributed by atoms with E-state index in [4.69, 9.17) is 14.2 Å². The van der Waals surface area contributed by atoms with Crippen molar-refractivity contribution in [3.8, 4) is 0 Å². The Kier molecular flexibility index (Phi) is 5.38. The quantitative estimate of drug-likeness (QED) is 0.734. The molecule has 5 nitrogen and oxygen atoms in total. The fourth-order valence-corrected chi connectivity index (χ4v) is 2.83. The second kappa shape index (κ2) is 6.82. The first-order valence-corrected chi connectivity index (χ1v) is 6.92. The molecule has 18 heavy (non-hydrogen) atoms. The Hall–Kier alpha value is -0.200. The van der Waals surface area contributed by atoms with Crippen molar-refractivity contribution in [3.63, 3.8) is 0 Å². The molecule has 1 heterocycles. The summed E-state index contributed by atoms with van der Waals surface area (Å²) in [6.45, 7) is 2.30. The van der Waals surface area contributed by atoms with Gasteiger partial charge in [0.05, 0.1) is 19.8 Å². The zero-order valence-corrected chi connectivity index (χ0v) is 11.2. The SMILES string of the molecule is COCCC(CO)NC1CCC2(CC1)OCCO2. The molecule has 0 amide bonds. The maximum absolute atomic E-state index is 9.32. The number of aliphatic hydroxyl groups is 1. The Bertz CT molecular complexity index is 233. The molecule has 2 rings (SSSR count). The highest BCUT2D eigenvalue weighted by Crippen LogP contribution is 2.35. The zero-order chi connectivity index (χ0) is 12.8. The van der Waals surface area contributed by atoms with Gasteiger partial charge >= 0.3 is 0 Å². The maximum atomic E-state index is 9.32. The molecule has 0 radical (unpaired) electrons. The van der Waals surface area contributed by atoms with Crippen LogP contribution >= 0.6 is 0 Å². The van der Waals surface area contributed by atoms with Crippen LogP contribution in [0.3, 0.4) is 0 Å². The van der Waals surface area contributed by atoms with Crippen LogP contribution in [0, 0.1) is 0 Å². The van der Waals surface area contributed by atoms with Crippen molar-refractivity contribution in [2.45, 2.75) is 50.0 Å². The molecule has 1 aliphatic heterocycles. The molecule has 2 N–H and O–H groups in total. The molecule has 5 heteroatoms. The highest BCUT2D eigenvalue weighted by molar-refractivity contribution is 4.86. The lowest BCUT2D eigenvalue weighted by molar-refractivity contribution is -0.179. The van der Waals surface area contributed by atoms with Crippen molar-refractivity contribution in [2.24, 2.45) is 0 Å². The van der Waals surface area contributed by atoms with Crippen LogP contribution in [0.25, 0.3) is 0 Å². The van der Waals surface area contributed by atoms with E-state index in [1.807, 2.05) is 0 Å². The van der Waals surface area contributed by atoms with Gasteiger partial charge in [0, 0.05) is 38.6 Å². The molecule has 106 valence electrons. The molecule has 2 fully saturated rings. The second-order valence-corrected chi connectivity index (χ2v) is 5.21. The Morgan fingerprint density at radius 2 is 2.00 bits per heavy atom. The summed E-state index contributed by atoms with van der Waals surface area (Å²) in [5.74, 6) is -0.292. The van der Waals surface area contributed by atoms with E-state index in [-0.39, 0.29) is 18.4 Å². The zero-order valence-electron chi connectivity index (χ0n) is 11.2. The summed E-state index contributed by atoms with van der Waals surface area (Å²) in [7, 11) is 1.69. The molecule has 1 saturated heterocycles. The van der Waals surface area contributed by atoms with Gasteiger partial charge in [0.15, 0.2) is 5.79 Å². The largest absolute Gasteiger partial charge is 0.395 e. The highest BCUT2D eigenvalue weighted by atomic mass is 16.7. The number of rotatable bonds is 6. The first-order valence-electron chi connectivity index (χ1n) is 6.92. The molecule has 0 bridgehead atoms. The predicted octanol–water partition coefficient (Wildman–Crippen LogP) is 0.659. The average molecular weight is 259 g/mol. The van der Waals surface area contributed by atoms with Crippen LogP contribution in [0.4, 0.5) is 0 Å². The summed E-state index contributed by atoms with van der Waals surface area (Å²) in [5.41, 5.74) is 0. The van der Waals surface area contributed by atoms with Crippen molar-refractivity contribution in [1.82, 2.24) is 5.32 Å². The van der Waals surface area contributed by atoms with Gasteiger partial charge in [-0.3, -0.25) is 0 Å². The standard InChI is InChI=1S/C13H25NO4/c1-16-7-4-12(10-15)14-11-2-5-13(6-3-11)17-8-9-18-13/h11-12,14-15H,2-10H2,1H3. The monoisotopic (exact) mass is 259 g/mol. The first kappa shape index (κ1) is 14.2. The Morgan fingerprint density at radius 1 is 1.33 bits per heavy atom. The van der Waals surface area contributed by atoms with Crippen LogP contribution in [0.5, 0.6) is 0 Å². The van der Waals surface area contributed by atoms with Gasteiger partial charge in [-0.25, -0.2) is 0 Å². The number of nitrogens with one attached hydrogen (secondary N) is 1. The van der Waals surface area contributed by atoms with Crippen molar-refractivity contribution in [3.05, 3.63) is 0 Å². The van der Waals surface area contributed by atoms with Crippen LogP contribution in [0.15, 0.2) is 0 Å². The molecule has 1 saturated carbocycles. The molecular weight excluding hydrogens is 234 g/mol. The molecule has 2 aliphatic rings. The van der Waals surface area contributed by atoms with Gasteiger partial charge in [-0.1, -0.05) is 0 Å². The molecule has 1 aliphatic carbocycles. The van der Waals surface area contributed by atoms with Crippen LogP contribution in [0.1, 0.15) is 32.1 Å². The van der Waals surface area contributed by atoms with E-state index < -0.39 is 0 Å². The molecule has 0 aromatic rings. The van der Waals surface area contributed by atoms with E-state index in [1.54, 1.807) is 7.11 Å². The lowest BCUT2D eigenvalue weighted by Crippen LogP contribution is -2.46. The van der Waals surface area contributed by atoms with E-state index in [0.717, 1.165) is 45.3 Å². The average Bonchev–Trinajstić information content (AvgIpc) is 2.85. The van der Waals surface area contributed by atoms with Crippen LogP contribution in [-0.4, -0.2) is 56.5 Å². The van der Waals surface area contributed by atoms with Gasteiger partial charge < -0.3 is 24.6 Å². The van der Waals surface area contributed by atoms with E-state index in [1.165, 1.54) is 0 Å². The number of hydrogen-bond acceptors (Lipinski definition) is 5. The van der Waals surface area contributed by atoms with E-state index in [2.05, 4.69) is 5.32 Å². The fourth-order valence-electron chi connectivity index (χ4n) is 2.83. The summed E-state index contributed by atoms with van der Waals surface area (Å²) in [6.07, 6.45) is 4.84. The normalized spacial score (nSPS) is 25.7. The lowest BCUT2D eigenvalue weighted by Gasteiger charge is -2.37. The summed E-state index contributed by atoms with van der Waals surface area (Å²) in [6, 6.07) is 0.590. The smallest absolute Gasteiger partial charge is 0.168 e. The summed E-state index contributed by atoms with van der Waals surface area (Å²) >= 11 is 0. The van der Waals surface area contributed by atoms with Crippen LogP contribution in [0.2, 0.25) is 0 Å². The Balaban J connectivity index is 1.71. The third-order valence-electron chi connectivity index (χ3n) is 3.92. The van der Waals surface area contributed by atoms with Crippen LogP contribution < -0.4 is 5.32 Å². The van der Waals surface area contributed by atoms with Gasteiger partial charge in [-0.15, -0.1) is 0 Å². The van der Waals surface area contributed by atoms with Crippen molar-refractivity contribution < 1.29 is 19.3 Å². The highest BCUT2D eigenvalue weighted by Gasteiger charge is 2.40. The minimum absolute atomic E-state index is 0.134. The minimum atomic E-state index is -0.292. The molecule has 1 spiro atoms. The summed E-state index contributed by atoms with van der Waals surface area (Å²) in [4.78, 5) is 0. The summed E-state index contributed by atoms with van der Waals surface area (Å²) < 4.78 is 16.5. The van der Waals surface area contributed by atoms with E-state index in [0.29, 0.717) is 12.6 Å². The molecule has 1 atom stereocenters. The number of aliphatic hydroxyl groups excluding tert-OH is 1. The maximum Gasteiger partial charge on any atom is 0.168 e. The van der Waals surface area contributed by atoms with Crippen molar-refractivity contribution in [1.29, 1.82) is 0 Å².